The van der Waals surface area contributed by atoms with Crippen molar-refractivity contribution in [3.63, 3.8) is 0 Å². The average molecular weight is 354 g/mol. The Morgan fingerprint density at radius 1 is 1.12 bits per heavy atom. The Morgan fingerprint density at radius 2 is 1.85 bits per heavy atom. The summed E-state index contributed by atoms with van der Waals surface area (Å²) in [6.45, 7) is 1.98. The number of carbonyl (C=O) groups excluding carboxylic acids is 1. The molecule has 2 aromatic carbocycles. The zero-order valence-corrected chi connectivity index (χ0v) is 14.8. The maximum atomic E-state index is 12.9. The van der Waals surface area contributed by atoms with Gasteiger partial charge >= 0.3 is 0 Å². The van der Waals surface area contributed by atoms with E-state index in [1.807, 2.05) is 6.07 Å². The number of guanidine groups is 1. The molecule has 2 aromatic rings. The highest BCUT2D eigenvalue weighted by Gasteiger charge is 2.22. The number of rotatable bonds is 5. The van der Waals surface area contributed by atoms with E-state index in [0.29, 0.717) is 13.1 Å². The highest BCUT2D eigenvalue weighted by Crippen LogP contribution is 2.27. The topological polar surface area (TPSA) is 56.7 Å². The molecule has 5 nitrogen and oxygen atoms in total. The van der Waals surface area contributed by atoms with Crippen molar-refractivity contribution in [3.8, 4) is 0 Å². The van der Waals surface area contributed by atoms with Crippen molar-refractivity contribution in [2.75, 3.05) is 31.6 Å². The summed E-state index contributed by atoms with van der Waals surface area (Å²) in [5.74, 6) is 0.427. The van der Waals surface area contributed by atoms with Crippen molar-refractivity contribution in [2.24, 2.45) is 4.99 Å². The van der Waals surface area contributed by atoms with Gasteiger partial charge in [0.05, 0.1) is 6.42 Å². The lowest BCUT2D eigenvalue weighted by molar-refractivity contribution is -0.120. The minimum Gasteiger partial charge on any atom is -0.354 e. The summed E-state index contributed by atoms with van der Waals surface area (Å²) in [6, 6.07) is 14.3. The molecule has 0 radical (unpaired) electrons. The monoisotopic (exact) mass is 354 g/mol. The van der Waals surface area contributed by atoms with Crippen LogP contribution in [0.15, 0.2) is 53.5 Å². The van der Waals surface area contributed by atoms with Crippen LogP contribution in [0.5, 0.6) is 0 Å². The summed E-state index contributed by atoms with van der Waals surface area (Å²) < 4.78 is 12.9. The molecule has 1 aliphatic rings. The third kappa shape index (κ3) is 4.39. The van der Waals surface area contributed by atoms with E-state index < -0.39 is 0 Å². The molecule has 0 aromatic heterocycles. The average Bonchev–Trinajstić information content (AvgIpc) is 3.08. The maximum absolute atomic E-state index is 12.9. The number of fused-ring (bicyclic) bond motifs is 1. The molecule has 1 aliphatic heterocycles. The molecule has 6 heteroatoms. The Labute approximate surface area is 152 Å². The van der Waals surface area contributed by atoms with E-state index in [4.69, 9.17) is 0 Å². The van der Waals surface area contributed by atoms with Crippen LogP contribution in [0.4, 0.5) is 10.1 Å². The fourth-order valence-electron chi connectivity index (χ4n) is 3.08. The largest absolute Gasteiger partial charge is 0.354 e. The van der Waals surface area contributed by atoms with E-state index in [1.54, 1.807) is 19.2 Å². The minimum atomic E-state index is -0.298. The van der Waals surface area contributed by atoms with Gasteiger partial charge in [-0.25, -0.2) is 4.39 Å². The molecule has 3 rings (SSSR count). The molecule has 0 fully saturated rings. The number of halogens is 1. The van der Waals surface area contributed by atoms with Crippen LogP contribution in [0.25, 0.3) is 0 Å². The molecule has 0 atom stereocenters. The first kappa shape index (κ1) is 17.9. The summed E-state index contributed by atoms with van der Waals surface area (Å²) in [6.07, 6.45) is 1.25. The SMILES string of the molecule is CN=C(NCCNC(=O)Cc1ccc(F)cc1)N1CCc2ccccc21. The molecule has 136 valence electrons. The molecule has 0 bridgehead atoms. The fourth-order valence-corrected chi connectivity index (χ4v) is 3.08. The van der Waals surface area contributed by atoms with Crippen molar-refractivity contribution in [1.82, 2.24) is 10.6 Å². The molecule has 0 aliphatic carbocycles. The number of nitrogens with zero attached hydrogens (tertiary/aromatic N) is 2. The van der Waals surface area contributed by atoms with E-state index in [-0.39, 0.29) is 18.1 Å². The molecule has 0 unspecified atom stereocenters. The van der Waals surface area contributed by atoms with Crippen LogP contribution in [-0.2, 0) is 17.6 Å². The Kier molecular flexibility index (Phi) is 5.84. The normalized spacial score (nSPS) is 13.5. The fraction of sp³-hybridized carbons (Fsp3) is 0.300. The summed E-state index contributed by atoms with van der Waals surface area (Å²) in [5.41, 5.74) is 3.30. The van der Waals surface area contributed by atoms with Gasteiger partial charge in [-0.2, -0.15) is 0 Å². The highest BCUT2D eigenvalue weighted by molar-refractivity contribution is 5.97. The summed E-state index contributed by atoms with van der Waals surface area (Å²) in [4.78, 5) is 18.5. The number of benzene rings is 2. The lowest BCUT2D eigenvalue weighted by Crippen LogP contribution is -2.43. The van der Waals surface area contributed by atoms with Crippen molar-refractivity contribution >= 4 is 17.6 Å². The van der Waals surface area contributed by atoms with Crippen LogP contribution >= 0.6 is 0 Å². The van der Waals surface area contributed by atoms with E-state index >= 15 is 0 Å². The molecular weight excluding hydrogens is 331 g/mol. The van der Waals surface area contributed by atoms with Crippen LogP contribution in [0, 0.1) is 5.82 Å². The van der Waals surface area contributed by atoms with Crippen LogP contribution in [0.2, 0.25) is 0 Å². The van der Waals surface area contributed by atoms with Gasteiger partial charge in [-0.15, -0.1) is 0 Å². The van der Waals surface area contributed by atoms with Crippen molar-refractivity contribution < 1.29 is 9.18 Å². The second-order valence-electron chi connectivity index (χ2n) is 6.16. The lowest BCUT2D eigenvalue weighted by atomic mass is 10.1. The first-order valence-corrected chi connectivity index (χ1v) is 8.74. The van der Waals surface area contributed by atoms with Crippen molar-refractivity contribution in [3.05, 3.63) is 65.5 Å². The first-order valence-electron chi connectivity index (χ1n) is 8.74. The van der Waals surface area contributed by atoms with Crippen LogP contribution in [0.1, 0.15) is 11.1 Å². The Morgan fingerprint density at radius 3 is 2.62 bits per heavy atom. The predicted molar refractivity (Wildman–Crippen MR) is 102 cm³/mol. The Balaban J connectivity index is 1.44. The summed E-state index contributed by atoms with van der Waals surface area (Å²) >= 11 is 0. The van der Waals surface area contributed by atoms with Gasteiger partial charge in [0.2, 0.25) is 5.91 Å². The van der Waals surface area contributed by atoms with Gasteiger partial charge in [0.25, 0.3) is 0 Å². The van der Waals surface area contributed by atoms with E-state index in [9.17, 15) is 9.18 Å². The number of amides is 1. The third-order valence-electron chi connectivity index (χ3n) is 4.36. The van der Waals surface area contributed by atoms with Crippen LogP contribution in [0.3, 0.4) is 0 Å². The Hall–Kier alpha value is -2.89. The number of hydrogen-bond donors (Lipinski definition) is 2. The van der Waals surface area contributed by atoms with Crippen LogP contribution < -0.4 is 15.5 Å². The maximum Gasteiger partial charge on any atom is 0.224 e. The minimum absolute atomic E-state index is 0.0834. The summed E-state index contributed by atoms with van der Waals surface area (Å²) in [5, 5.41) is 6.16. The number of nitrogens with one attached hydrogen (secondary N) is 2. The number of carbonyl (C=O) groups is 1. The predicted octanol–water partition coefficient (Wildman–Crippen LogP) is 2.12. The van der Waals surface area contributed by atoms with E-state index in [1.165, 1.54) is 23.4 Å². The quantitative estimate of drug-likeness (QED) is 0.491. The molecular formula is C20H23FN4O. The van der Waals surface area contributed by atoms with Gasteiger partial charge in [-0.3, -0.25) is 9.79 Å². The molecule has 2 N–H and O–H groups in total. The van der Waals surface area contributed by atoms with Gasteiger partial charge < -0.3 is 15.5 Å². The van der Waals surface area contributed by atoms with Gasteiger partial charge in [0.1, 0.15) is 5.82 Å². The van der Waals surface area contributed by atoms with Crippen molar-refractivity contribution in [1.29, 1.82) is 0 Å². The molecule has 1 amide bonds. The lowest BCUT2D eigenvalue weighted by Gasteiger charge is -2.22. The summed E-state index contributed by atoms with van der Waals surface area (Å²) in [7, 11) is 1.76. The number of para-hydroxylation sites is 1. The molecule has 26 heavy (non-hydrogen) atoms. The number of aliphatic imine (C=N–C) groups is 1. The highest BCUT2D eigenvalue weighted by atomic mass is 19.1. The number of hydrogen-bond acceptors (Lipinski definition) is 2. The smallest absolute Gasteiger partial charge is 0.224 e. The second kappa shape index (κ2) is 8.47. The molecule has 0 saturated heterocycles. The van der Waals surface area contributed by atoms with Gasteiger partial charge in [-0.1, -0.05) is 30.3 Å². The standard InChI is InChI=1S/C20H23FN4O/c1-22-20(25-13-10-16-4-2-3-5-18(16)25)24-12-11-23-19(26)14-15-6-8-17(21)9-7-15/h2-9H,10-14H2,1H3,(H,22,24)(H,23,26). The molecule has 0 saturated carbocycles. The second-order valence-corrected chi connectivity index (χ2v) is 6.16. The number of anilines is 1. The third-order valence-corrected chi connectivity index (χ3v) is 4.36. The van der Waals surface area contributed by atoms with Gasteiger partial charge in [0.15, 0.2) is 5.96 Å². The van der Waals surface area contributed by atoms with E-state index in [0.717, 1.165) is 24.5 Å². The zero-order chi connectivity index (χ0) is 18.4. The van der Waals surface area contributed by atoms with Crippen molar-refractivity contribution in [2.45, 2.75) is 12.8 Å². The molecule has 1 heterocycles. The van der Waals surface area contributed by atoms with E-state index in [2.05, 4.69) is 38.7 Å². The molecule has 0 spiro atoms. The first-order chi connectivity index (χ1) is 12.7. The Bertz CT molecular complexity index is 789. The van der Waals surface area contributed by atoms with Gasteiger partial charge in [-0.05, 0) is 35.7 Å². The van der Waals surface area contributed by atoms with Gasteiger partial charge in [0, 0.05) is 32.4 Å². The zero-order valence-electron chi connectivity index (χ0n) is 14.8. The van der Waals surface area contributed by atoms with Crippen LogP contribution in [-0.4, -0.2) is 38.5 Å².